The monoisotopic (exact) mass is 277 g/mol. The Hall–Kier alpha value is -1.75. The maximum Gasteiger partial charge on any atom is 0.319 e. The lowest BCUT2D eigenvalue weighted by Gasteiger charge is -2.26. The Morgan fingerprint density at radius 2 is 2.00 bits per heavy atom. The van der Waals surface area contributed by atoms with E-state index in [1.807, 2.05) is 24.3 Å². The molecule has 110 valence electrons. The van der Waals surface area contributed by atoms with Gasteiger partial charge >= 0.3 is 6.03 Å². The average Bonchev–Trinajstić information content (AvgIpc) is 2.47. The Bertz CT molecular complexity index is 442. The third-order valence-electron chi connectivity index (χ3n) is 3.80. The van der Waals surface area contributed by atoms with Crippen molar-refractivity contribution in [2.24, 2.45) is 11.7 Å². The Labute approximate surface area is 119 Å². The number of urea groups is 1. The van der Waals surface area contributed by atoms with E-state index in [0.29, 0.717) is 29.9 Å². The molecule has 1 fully saturated rings. The highest BCUT2D eigenvalue weighted by Gasteiger charge is 2.19. The van der Waals surface area contributed by atoms with Gasteiger partial charge in [0.2, 0.25) is 0 Å². The summed E-state index contributed by atoms with van der Waals surface area (Å²) in [5, 5.41) is 5.73. The highest BCUT2D eigenvalue weighted by molar-refractivity contribution is 5.90. The van der Waals surface area contributed by atoms with Crippen LogP contribution in [0.2, 0.25) is 0 Å². The number of nitrogens with one attached hydrogen (secondary N) is 2. The zero-order chi connectivity index (χ0) is 14.4. The van der Waals surface area contributed by atoms with Gasteiger partial charge in [-0.2, -0.15) is 0 Å². The van der Waals surface area contributed by atoms with Crippen molar-refractivity contribution in [1.82, 2.24) is 5.32 Å². The first-order valence-corrected chi connectivity index (χ1v) is 7.12. The molecule has 1 aromatic rings. The number of anilines is 1. The molecule has 1 saturated carbocycles. The molecule has 5 nitrogen and oxygen atoms in total. The fourth-order valence-corrected chi connectivity index (χ4v) is 2.54. The lowest BCUT2D eigenvalue weighted by atomic mass is 9.86. The van der Waals surface area contributed by atoms with E-state index in [1.54, 1.807) is 7.11 Å². The SMILES string of the molecule is COc1ccccc1NC(=O)NCC1CCC(N)CC1. The molecule has 0 aromatic heterocycles. The number of benzene rings is 1. The molecule has 1 aliphatic rings. The highest BCUT2D eigenvalue weighted by atomic mass is 16.5. The van der Waals surface area contributed by atoms with Crippen LogP contribution in [0.3, 0.4) is 0 Å². The van der Waals surface area contributed by atoms with Gasteiger partial charge in [-0.1, -0.05) is 12.1 Å². The van der Waals surface area contributed by atoms with Gasteiger partial charge in [0.25, 0.3) is 0 Å². The van der Waals surface area contributed by atoms with Crippen LogP contribution in [0.15, 0.2) is 24.3 Å². The van der Waals surface area contributed by atoms with Gasteiger partial charge in [0.05, 0.1) is 12.8 Å². The summed E-state index contributed by atoms with van der Waals surface area (Å²) in [6.45, 7) is 0.702. The second-order valence-electron chi connectivity index (χ2n) is 5.32. The lowest BCUT2D eigenvalue weighted by Crippen LogP contribution is -2.36. The fraction of sp³-hybridized carbons (Fsp3) is 0.533. The first kappa shape index (κ1) is 14.7. The maximum atomic E-state index is 11.9. The van der Waals surface area contributed by atoms with Gasteiger partial charge in [-0.25, -0.2) is 4.79 Å². The van der Waals surface area contributed by atoms with Gasteiger partial charge in [-0.15, -0.1) is 0 Å². The topological polar surface area (TPSA) is 76.4 Å². The molecular formula is C15H23N3O2. The van der Waals surface area contributed by atoms with E-state index in [1.165, 1.54) is 0 Å². The molecule has 1 aromatic carbocycles. The molecule has 20 heavy (non-hydrogen) atoms. The minimum Gasteiger partial charge on any atom is -0.495 e. The van der Waals surface area contributed by atoms with Crippen LogP contribution >= 0.6 is 0 Å². The van der Waals surface area contributed by atoms with Gasteiger partial charge < -0.3 is 21.1 Å². The second kappa shape index (κ2) is 7.14. The molecule has 0 spiro atoms. The number of methoxy groups -OCH3 is 1. The van der Waals surface area contributed by atoms with Crippen molar-refractivity contribution in [2.75, 3.05) is 19.0 Å². The minimum absolute atomic E-state index is 0.190. The van der Waals surface area contributed by atoms with Crippen molar-refractivity contribution in [3.8, 4) is 5.75 Å². The van der Waals surface area contributed by atoms with E-state index in [9.17, 15) is 4.79 Å². The van der Waals surface area contributed by atoms with Crippen LogP contribution in [0, 0.1) is 5.92 Å². The normalized spacial score (nSPS) is 22.1. The Morgan fingerprint density at radius 3 is 2.70 bits per heavy atom. The largest absolute Gasteiger partial charge is 0.495 e. The zero-order valence-corrected chi connectivity index (χ0v) is 11.9. The van der Waals surface area contributed by atoms with Crippen LogP contribution in [-0.2, 0) is 0 Å². The van der Waals surface area contributed by atoms with Gasteiger partial charge in [-0.3, -0.25) is 0 Å². The number of amides is 2. The summed E-state index contributed by atoms with van der Waals surface area (Å²) < 4.78 is 5.20. The number of ether oxygens (including phenoxy) is 1. The molecule has 0 saturated heterocycles. The summed E-state index contributed by atoms with van der Waals surface area (Å²) in [5.74, 6) is 1.20. The molecular weight excluding hydrogens is 254 g/mol. The smallest absolute Gasteiger partial charge is 0.319 e. The van der Waals surface area contributed by atoms with Gasteiger partial charge in [0.1, 0.15) is 5.75 Å². The number of para-hydroxylation sites is 2. The van der Waals surface area contributed by atoms with Crippen molar-refractivity contribution < 1.29 is 9.53 Å². The van der Waals surface area contributed by atoms with E-state index >= 15 is 0 Å². The standard InChI is InChI=1S/C15H23N3O2/c1-20-14-5-3-2-4-13(14)18-15(19)17-10-11-6-8-12(16)9-7-11/h2-5,11-12H,6-10,16H2,1H3,(H2,17,18,19). The fourth-order valence-electron chi connectivity index (χ4n) is 2.54. The molecule has 0 unspecified atom stereocenters. The quantitative estimate of drug-likeness (QED) is 0.790. The van der Waals surface area contributed by atoms with Gasteiger partial charge in [0, 0.05) is 12.6 Å². The van der Waals surface area contributed by atoms with E-state index in [0.717, 1.165) is 25.7 Å². The molecule has 4 N–H and O–H groups in total. The number of rotatable bonds is 4. The van der Waals surface area contributed by atoms with Gasteiger partial charge in [0.15, 0.2) is 0 Å². The lowest BCUT2D eigenvalue weighted by molar-refractivity contribution is 0.246. The number of hydrogen-bond donors (Lipinski definition) is 3. The van der Waals surface area contributed by atoms with E-state index in [4.69, 9.17) is 10.5 Å². The molecule has 0 heterocycles. The third-order valence-corrected chi connectivity index (χ3v) is 3.80. The van der Waals surface area contributed by atoms with Crippen LogP contribution in [0.1, 0.15) is 25.7 Å². The number of carbonyl (C=O) groups is 1. The molecule has 0 bridgehead atoms. The van der Waals surface area contributed by atoms with E-state index in [-0.39, 0.29) is 6.03 Å². The van der Waals surface area contributed by atoms with Crippen molar-refractivity contribution in [2.45, 2.75) is 31.7 Å². The first-order chi connectivity index (χ1) is 9.69. The van der Waals surface area contributed by atoms with Crippen molar-refractivity contribution >= 4 is 11.7 Å². The van der Waals surface area contributed by atoms with Gasteiger partial charge in [-0.05, 0) is 43.7 Å². The van der Waals surface area contributed by atoms with Crippen molar-refractivity contribution in [1.29, 1.82) is 0 Å². The van der Waals surface area contributed by atoms with E-state index in [2.05, 4.69) is 10.6 Å². The molecule has 0 atom stereocenters. The van der Waals surface area contributed by atoms with Crippen LogP contribution < -0.4 is 21.1 Å². The van der Waals surface area contributed by atoms with Crippen LogP contribution in [0.25, 0.3) is 0 Å². The first-order valence-electron chi connectivity index (χ1n) is 7.12. The molecule has 0 radical (unpaired) electrons. The van der Waals surface area contributed by atoms with Crippen molar-refractivity contribution in [3.05, 3.63) is 24.3 Å². The molecule has 2 rings (SSSR count). The predicted octanol–water partition coefficient (Wildman–Crippen LogP) is 2.33. The highest BCUT2D eigenvalue weighted by Crippen LogP contribution is 2.24. The van der Waals surface area contributed by atoms with Crippen molar-refractivity contribution in [3.63, 3.8) is 0 Å². The minimum atomic E-state index is -0.190. The van der Waals surface area contributed by atoms with E-state index < -0.39 is 0 Å². The second-order valence-corrected chi connectivity index (χ2v) is 5.32. The molecule has 2 amide bonds. The number of carbonyl (C=O) groups excluding carboxylic acids is 1. The molecule has 5 heteroatoms. The summed E-state index contributed by atoms with van der Waals surface area (Å²) in [7, 11) is 1.59. The third kappa shape index (κ3) is 4.13. The Kier molecular flexibility index (Phi) is 5.24. The average molecular weight is 277 g/mol. The maximum absolute atomic E-state index is 11.9. The summed E-state index contributed by atoms with van der Waals surface area (Å²) >= 11 is 0. The zero-order valence-electron chi connectivity index (χ0n) is 11.9. The number of nitrogens with two attached hydrogens (primary N) is 1. The summed E-state index contributed by atoms with van der Waals surface area (Å²) in [6, 6.07) is 7.52. The molecule has 1 aliphatic carbocycles. The number of hydrogen-bond acceptors (Lipinski definition) is 3. The Balaban J connectivity index is 1.78. The van der Waals surface area contributed by atoms with Crippen LogP contribution in [0.5, 0.6) is 5.75 Å². The summed E-state index contributed by atoms with van der Waals surface area (Å²) in [5.41, 5.74) is 6.55. The summed E-state index contributed by atoms with van der Waals surface area (Å²) in [6.07, 6.45) is 4.30. The van der Waals surface area contributed by atoms with Crippen LogP contribution in [-0.4, -0.2) is 25.7 Å². The summed E-state index contributed by atoms with van der Waals surface area (Å²) in [4.78, 5) is 11.9. The predicted molar refractivity (Wildman–Crippen MR) is 79.9 cm³/mol. The molecule has 0 aliphatic heterocycles. The van der Waals surface area contributed by atoms with Crippen LogP contribution in [0.4, 0.5) is 10.5 Å². The Morgan fingerprint density at radius 1 is 1.30 bits per heavy atom.